The lowest BCUT2D eigenvalue weighted by Crippen LogP contribution is -2.04. The molecule has 3 nitrogen and oxygen atoms in total. The number of nitrogens with zero attached hydrogens (tertiary/aromatic N) is 1. The summed E-state index contributed by atoms with van der Waals surface area (Å²) in [4.78, 5) is 0. The van der Waals surface area contributed by atoms with Crippen LogP contribution in [-0.4, -0.2) is 9.67 Å². The Bertz CT molecular complexity index is 501. The van der Waals surface area contributed by atoms with Crippen LogP contribution in [0.4, 0.5) is 0 Å². The highest BCUT2D eigenvalue weighted by Crippen LogP contribution is 2.34. The Morgan fingerprint density at radius 2 is 2.29 bits per heavy atom. The Morgan fingerprint density at radius 3 is 3.14 bits per heavy atom. The van der Waals surface area contributed by atoms with E-state index in [1.54, 1.807) is 6.07 Å². The van der Waals surface area contributed by atoms with Crippen LogP contribution in [0.5, 0.6) is 5.75 Å². The van der Waals surface area contributed by atoms with E-state index in [1.165, 1.54) is 0 Å². The number of benzene rings is 1. The van der Waals surface area contributed by atoms with Gasteiger partial charge in [0, 0.05) is 23.7 Å². The summed E-state index contributed by atoms with van der Waals surface area (Å²) in [6, 6.07) is 7.74. The van der Waals surface area contributed by atoms with Gasteiger partial charge in [-0.25, -0.2) is 0 Å². The summed E-state index contributed by atoms with van der Waals surface area (Å²) in [5, 5.41) is 10.6. The lowest BCUT2D eigenvalue weighted by atomic mass is 10.1. The quantitative estimate of drug-likeness (QED) is 0.661. The maximum atomic E-state index is 9.66. The molecule has 3 rings (SSSR count). The lowest BCUT2D eigenvalue weighted by molar-refractivity contribution is 0.481. The molecular weight excluding hydrogens is 176 g/mol. The van der Waals surface area contributed by atoms with Crippen molar-refractivity contribution in [3.05, 3.63) is 30.0 Å². The van der Waals surface area contributed by atoms with Crippen LogP contribution in [0.1, 0.15) is 18.2 Å². The highest BCUT2D eigenvalue weighted by atomic mass is 16.3. The Morgan fingerprint density at radius 1 is 1.43 bits per heavy atom. The molecule has 0 radical (unpaired) electrons. The molecule has 1 aromatic heterocycles. The van der Waals surface area contributed by atoms with Gasteiger partial charge in [-0.2, -0.15) is 0 Å². The number of aromatic hydroxyl groups is 1. The number of rotatable bonds is 0. The van der Waals surface area contributed by atoms with Crippen LogP contribution in [-0.2, 0) is 6.54 Å². The molecule has 3 N–H and O–H groups in total. The first-order chi connectivity index (χ1) is 6.77. The predicted octanol–water partition coefficient (Wildman–Crippen LogP) is 1.75. The molecule has 2 aromatic rings. The van der Waals surface area contributed by atoms with Crippen molar-refractivity contribution in [3.63, 3.8) is 0 Å². The second-order valence-electron chi connectivity index (χ2n) is 3.83. The molecule has 3 heteroatoms. The van der Waals surface area contributed by atoms with E-state index in [9.17, 15) is 5.11 Å². The van der Waals surface area contributed by atoms with E-state index >= 15 is 0 Å². The smallest absolute Gasteiger partial charge is 0.124 e. The third kappa shape index (κ3) is 0.849. The third-order valence-electron chi connectivity index (χ3n) is 3.00. The summed E-state index contributed by atoms with van der Waals surface area (Å²) in [5.74, 6) is 0.344. The third-order valence-corrected chi connectivity index (χ3v) is 3.00. The van der Waals surface area contributed by atoms with Crippen LogP contribution < -0.4 is 5.73 Å². The molecule has 1 aromatic carbocycles. The number of hydrogen-bond donors (Lipinski definition) is 2. The molecule has 0 spiro atoms. The minimum absolute atomic E-state index is 0.127. The number of phenols is 1. The number of hydrogen-bond acceptors (Lipinski definition) is 2. The van der Waals surface area contributed by atoms with E-state index in [0.29, 0.717) is 5.75 Å². The van der Waals surface area contributed by atoms with Crippen LogP contribution in [0.3, 0.4) is 0 Å². The van der Waals surface area contributed by atoms with Crippen molar-refractivity contribution in [3.8, 4) is 5.75 Å². The number of nitrogens with two attached hydrogens (primary N) is 1. The molecule has 0 bridgehead atoms. The zero-order valence-corrected chi connectivity index (χ0v) is 7.77. The van der Waals surface area contributed by atoms with Gasteiger partial charge in [-0.1, -0.05) is 6.07 Å². The molecule has 1 unspecified atom stereocenters. The van der Waals surface area contributed by atoms with Crippen LogP contribution >= 0.6 is 0 Å². The van der Waals surface area contributed by atoms with Crippen LogP contribution in [0.15, 0.2) is 24.3 Å². The van der Waals surface area contributed by atoms with Gasteiger partial charge >= 0.3 is 0 Å². The van der Waals surface area contributed by atoms with Gasteiger partial charge in [0.15, 0.2) is 0 Å². The molecule has 1 aliphatic rings. The second-order valence-corrected chi connectivity index (χ2v) is 3.83. The van der Waals surface area contributed by atoms with Gasteiger partial charge in [0.1, 0.15) is 5.75 Å². The fourth-order valence-electron chi connectivity index (χ4n) is 2.26. The van der Waals surface area contributed by atoms with Gasteiger partial charge in [-0.3, -0.25) is 0 Å². The maximum Gasteiger partial charge on any atom is 0.124 e. The van der Waals surface area contributed by atoms with Crippen LogP contribution in [0.2, 0.25) is 0 Å². The summed E-state index contributed by atoms with van der Waals surface area (Å²) in [6.45, 7) is 0.962. The summed E-state index contributed by atoms with van der Waals surface area (Å²) < 4.78 is 2.19. The average molecular weight is 188 g/mol. The Labute approximate surface area is 81.8 Å². The summed E-state index contributed by atoms with van der Waals surface area (Å²) in [5.41, 5.74) is 8.19. The van der Waals surface area contributed by atoms with Crippen molar-refractivity contribution in [2.45, 2.75) is 19.0 Å². The normalized spacial score (nSPS) is 20.2. The Balaban J connectivity index is 2.40. The maximum absolute atomic E-state index is 9.66. The zero-order valence-electron chi connectivity index (χ0n) is 7.77. The number of phenolic OH excluding ortho intramolecular Hbond substituents is 1. The van der Waals surface area contributed by atoms with E-state index in [1.807, 2.05) is 18.2 Å². The van der Waals surface area contributed by atoms with Crippen molar-refractivity contribution < 1.29 is 5.11 Å². The molecular formula is C11H12N2O. The monoisotopic (exact) mass is 188 g/mol. The first-order valence-corrected chi connectivity index (χ1v) is 4.84. The van der Waals surface area contributed by atoms with Gasteiger partial charge in [0.05, 0.1) is 5.52 Å². The predicted molar refractivity (Wildman–Crippen MR) is 55.1 cm³/mol. The zero-order chi connectivity index (χ0) is 9.71. The highest BCUT2D eigenvalue weighted by Gasteiger charge is 2.22. The summed E-state index contributed by atoms with van der Waals surface area (Å²) in [6.07, 6.45) is 1.00. The SMILES string of the molecule is NC1CCn2c1cc1c(O)cccc12. The minimum Gasteiger partial charge on any atom is -0.507 e. The molecule has 1 atom stereocenters. The topological polar surface area (TPSA) is 51.2 Å². The first kappa shape index (κ1) is 7.88. The van der Waals surface area contributed by atoms with Crippen LogP contribution in [0.25, 0.3) is 10.9 Å². The summed E-state index contributed by atoms with van der Waals surface area (Å²) >= 11 is 0. The Hall–Kier alpha value is -1.48. The van der Waals surface area contributed by atoms with E-state index in [2.05, 4.69) is 4.57 Å². The highest BCUT2D eigenvalue weighted by molar-refractivity contribution is 5.87. The van der Waals surface area contributed by atoms with Gasteiger partial charge in [-0.15, -0.1) is 0 Å². The number of aryl methyl sites for hydroxylation is 1. The van der Waals surface area contributed by atoms with Crippen molar-refractivity contribution in [2.75, 3.05) is 0 Å². The molecule has 14 heavy (non-hydrogen) atoms. The fourth-order valence-corrected chi connectivity index (χ4v) is 2.26. The van der Waals surface area contributed by atoms with Gasteiger partial charge < -0.3 is 15.4 Å². The van der Waals surface area contributed by atoms with Gasteiger partial charge in [0.2, 0.25) is 0 Å². The molecule has 0 aliphatic carbocycles. The first-order valence-electron chi connectivity index (χ1n) is 4.84. The molecule has 2 heterocycles. The van der Waals surface area contributed by atoms with E-state index < -0.39 is 0 Å². The average Bonchev–Trinajstić information content (AvgIpc) is 2.69. The number of aromatic nitrogens is 1. The molecule has 0 fully saturated rings. The standard InChI is InChI=1S/C11H12N2O/c12-8-4-5-13-9-2-1-3-11(14)7(9)6-10(8)13/h1-3,6,8,14H,4-5,12H2. The largest absolute Gasteiger partial charge is 0.507 e. The van der Waals surface area contributed by atoms with Crippen molar-refractivity contribution in [2.24, 2.45) is 5.73 Å². The molecule has 1 aliphatic heterocycles. The second kappa shape index (κ2) is 2.51. The van der Waals surface area contributed by atoms with Gasteiger partial charge in [-0.05, 0) is 24.6 Å². The van der Waals surface area contributed by atoms with Crippen molar-refractivity contribution >= 4 is 10.9 Å². The Kier molecular flexibility index (Phi) is 1.42. The van der Waals surface area contributed by atoms with Gasteiger partial charge in [0.25, 0.3) is 0 Å². The molecule has 0 saturated heterocycles. The minimum atomic E-state index is 0.127. The van der Waals surface area contributed by atoms with Crippen molar-refractivity contribution in [1.82, 2.24) is 4.57 Å². The summed E-state index contributed by atoms with van der Waals surface area (Å²) in [7, 11) is 0. The fraction of sp³-hybridized carbons (Fsp3) is 0.273. The molecule has 0 amide bonds. The lowest BCUT2D eigenvalue weighted by Gasteiger charge is -1.99. The van der Waals surface area contributed by atoms with E-state index in [-0.39, 0.29) is 6.04 Å². The molecule has 0 saturated carbocycles. The molecule has 72 valence electrons. The van der Waals surface area contributed by atoms with E-state index in [4.69, 9.17) is 5.73 Å². The van der Waals surface area contributed by atoms with Crippen LogP contribution in [0, 0.1) is 0 Å². The van der Waals surface area contributed by atoms with E-state index in [0.717, 1.165) is 29.6 Å². The van der Waals surface area contributed by atoms with Crippen molar-refractivity contribution in [1.29, 1.82) is 0 Å². The number of fused-ring (bicyclic) bond motifs is 3.